The van der Waals surface area contributed by atoms with E-state index in [1.807, 2.05) is 0 Å². The molecule has 1 fully saturated rings. The van der Waals surface area contributed by atoms with Gasteiger partial charge in [-0.1, -0.05) is 6.42 Å². The number of halogens is 3. The largest absolute Gasteiger partial charge is 0.354 e. The first-order chi connectivity index (χ1) is 8.97. The van der Waals surface area contributed by atoms with E-state index in [1.54, 1.807) is 0 Å². The third-order valence-electron chi connectivity index (χ3n) is 3.56. The fourth-order valence-electron chi connectivity index (χ4n) is 2.72. The standard InChI is InChI=1S/C14H16F3NO/c1-8(19)18-11-4-2-3-9(5-11)10-6-12(15)14(17)13(16)7-10/h6-7,9,11H,2-5H2,1H3,(H,18,19)/t9-,11+/m1/s1. The summed E-state index contributed by atoms with van der Waals surface area (Å²) in [6, 6.07) is 2.13. The minimum atomic E-state index is -1.43. The Bertz CT molecular complexity index is 467. The molecule has 5 heteroatoms. The second kappa shape index (κ2) is 5.63. The van der Waals surface area contributed by atoms with E-state index < -0.39 is 17.5 Å². The van der Waals surface area contributed by atoms with Gasteiger partial charge in [0.1, 0.15) is 0 Å². The summed E-state index contributed by atoms with van der Waals surface area (Å²) in [5.74, 6) is -3.90. The van der Waals surface area contributed by atoms with Crippen LogP contribution in [-0.4, -0.2) is 11.9 Å². The lowest BCUT2D eigenvalue weighted by Gasteiger charge is -2.29. The van der Waals surface area contributed by atoms with Gasteiger partial charge >= 0.3 is 0 Å². The highest BCUT2D eigenvalue weighted by molar-refractivity contribution is 5.73. The third kappa shape index (κ3) is 3.28. The van der Waals surface area contributed by atoms with Crippen LogP contribution >= 0.6 is 0 Å². The van der Waals surface area contributed by atoms with Crippen molar-refractivity contribution in [2.75, 3.05) is 0 Å². The number of rotatable bonds is 2. The molecule has 2 rings (SSSR count). The van der Waals surface area contributed by atoms with Crippen molar-refractivity contribution in [2.45, 2.75) is 44.6 Å². The number of benzene rings is 1. The van der Waals surface area contributed by atoms with Crippen LogP contribution in [0.25, 0.3) is 0 Å². The second-order valence-electron chi connectivity index (χ2n) is 5.06. The quantitative estimate of drug-likeness (QED) is 0.822. The Hall–Kier alpha value is -1.52. The van der Waals surface area contributed by atoms with Gasteiger partial charge in [-0.15, -0.1) is 0 Å². The fourth-order valence-corrected chi connectivity index (χ4v) is 2.72. The summed E-state index contributed by atoms with van der Waals surface area (Å²) < 4.78 is 39.4. The van der Waals surface area contributed by atoms with Gasteiger partial charge in [-0.05, 0) is 42.9 Å². The third-order valence-corrected chi connectivity index (χ3v) is 3.56. The van der Waals surface area contributed by atoms with Crippen molar-refractivity contribution in [3.63, 3.8) is 0 Å². The lowest BCUT2D eigenvalue weighted by molar-refractivity contribution is -0.119. The normalized spacial score (nSPS) is 23.2. The maximum atomic E-state index is 13.2. The highest BCUT2D eigenvalue weighted by Crippen LogP contribution is 2.34. The summed E-state index contributed by atoms with van der Waals surface area (Å²) in [7, 11) is 0. The molecule has 1 aliphatic carbocycles. The van der Waals surface area contributed by atoms with Crippen molar-refractivity contribution < 1.29 is 18.0 Å². The van der Waals surface area contributed by atoms with Crippen LogP contribution in [0.3, 0.4) is 0 Å². The monoisotopic (exact) mass is 271 g/mol. The van der Waals surface area contributed by atoms with Crippen molar-refractivity contribution >= 4 is 5.91 Å². The van der Waals surface area contributed by atoms with Crippen molar-refractivity contribution in [3.05, 3.63) is 35.1 Å². The highest BCUT2D eigenvalue weighted by atomic mass is 19.2. The van der Waals surface area contributed by atoms with E-state index in [0.29, 0.717) is 12.0 Å². The van der Waals surface area contributed by atoms with E-state index >= 15 is 0 Å². The number of amides is 1. The van der Waals surface area contributed by atoms with Crippen LogP contribution in [0.4, 0.5) is 13.2 Å². The zero-order valence-corrected chi connectivity index (χ0v) is 10.7. The molecule has 0 heterocycles. The molecule has 2 atom stereocenters. The maximum Gasteiger partial charge on any atom is 0.217 e. The Balaban J connectivity index is 2.15. The van der Waals surface area contributed by atoms with Crippen LogP contribution in [0, 0.1) is 17.5 Å². The second-order valence-corrected chi connectivity index (χ2v) is 5.06. The zero-order chi connectivity index (χ0) is 14.0. The Morgan fingerprint density at radius 1 is 1.21 bits per heavy atom. The summed E-state index contributed by atoms with van der Waals surface area (Å²) in [5.41, 5.74) is 0.464. The number of carbonyl (C=O) groups is 1. The fraction of sp³-hybridized carbons (Fsp3) is 0.500. The molecule has 0 aromatic heterocycles. The zero-order valence-electron chi connectivity index (χ0n) is 10.7. The highest BCUT2D eigenvalue weighted by Gasteiger charge is 2.25. The van der Waals surface area contributed by atoms with Gasteiger partial charge in [0.2, 0.25) is 5.91 Å². The maximum absolute atomic E-state index is 13.2. The van der Waals surface area contributed by atoms with E-state index in [4.69, 9.17) is 0 Å². The number of hydrogen-bond donors (Lipinski definition) is 1. The van der Waals surface area contributed by atoms with Gasteiger partial charge in [0.05, 0.1) is 0 Å². The molecule has 2 nitrogen and oxygen atoms in total. The summed E-state index contributed by atoms with van der Waals surface area (Å²) >= 11 is 0. The van der Waals surface area contributed by atoms with Gasteiger partial charge in [-0.3, -0.25) is 4.79 Å². The molecule has 1 saturated carbocycles. The Kier molecular flexibility index (Phi) is 4.12. The van der Waals surface area contributed by atoms with Crippen molar-refractivity contribution in [1.29, 1.82) is 0 Å². The molecule has 1 aromatic rings. The van der Waals surface area contributed by atoms with Gasteiger partial charge in [-0.2, -0.15) is 0 Å². The minimum absolute atomic E-state index is 0.0208. The summed E-state index contributed by atoms with van der Waals surface area (Å²) in [4.78, 5) is 11.0. The van der Waals surface area contributed by atoms with E-state index in [9.17, 15) is 18.0 Å². The van der Waals surface area contributed by atoms with Gasteiger partial charge in [0.15, 0.2) is 17.5 Å². The van der Waals surface area contributed by atoms with Crippen molar-refractivity contribution in [3.8, 4) is 0 Å². The molecule has 1 aromatic carbocycles. The van der Waals surface area contributed by atoms with Crippen LogP contribution in [-0.2, 0) is 4.79 Å². The molecule has 1 N–H and O–H groups in total. The Morgan fingerprint density at radius 3 is 2.42 bits per heavy atom. The first-order valence-electron chi connectivity index (χ1n) is 6.39. The molecule has 19 heavy (non-hydrogen) atoms. The van der Waals surface area contributed by atoms with Crippen molar-refractivity contribution in [2.24, 2.45) is 0 Å². The molecular formula is C14H16F3NO. The number of nitrogens with one attached hydrogen (secondary N) is 1. The first kappa shape index (κ1) is 13.9. The van der Waals surface area contributed by atoms with Gasteiger partial charge in [0, 0.05) is 13.0 Å². The molecule has 0 saturated heterocycles. The van der Waals surface area contributed by atoms with E-state index in [2.05, 4.69) is 5.32 Å². The SMILES string of the molecule is CC(=O)N[C@H]1CCC[C@@H](c2cc(F)c(F)c(F)c2)C1. The topological polar surface area (TPSA) is 29.1 Å². The van der Waals surface area contributed by atoms with Crippen molar-refractivity contribution in [1.82, 2.24) is 5.32 Å². The molecular weight excluding hydrogens is 255 g/mol. The molecule has 0 aliphatic heterocycles. The predicted octanol–water partition coefficient (Wildman–Crippen LogP) is 3.27. The molecule has 1 aliphatic rings. The summed E-state index contributed by atoms with van der Waals surface area (Å²) in [6.07, 6.45) is 3.16. The van der Waals surface area contributed by atoms with Crippen LogP contribution in [0.1, 0.15) is 44.1 Å². The molecule has 1 amide bonds. The smallest absolute Gasteiger partial charge is 0.217 e. The Morgan fingerprint density at radius 2 is 1.84 bits per heavy atom. The van der Waals surface area contributed by atoms with Crippen LogP contribution < -0.4 is 5.32 Å². The number of hydrogen-bond acceptors (Lipinski definition) is 1. The average molecular weight is 271 g/mol. The van der Waals surface area contributed by atoms with E-state index in [1.165, 1.54) is 6.92 Å². The van der Waals surface area contributed by atoms with Crippen LogP contribution in [0.15, 0.2) is 12.1 Å². The number of carbonyl (C=O) groups excluding carboxylic acids is 1. The summed E-state index contributed by atoms with van der Waals surface area (Å²) in [6.45, 7) is 1.45. The minimum Gasteiger partial charge on any atom is -0.354 e. The Labute approximate surface area is 110 Å². The molecule has 0 unspecified atom stereocenters. The van der Waals surface area contributed by atoms with Gasteiger partial charge in [0.25, 0.3) is 0 Å². The molecule has 0 radical (unpaired) electrons. The van der Waals surface area contributed by atoms with Crippen LogP contribution in [0.2, 0.25) is 0 Å². The summed E-state index contributed by atoms with van der Waals surface area (Å²) in [5, 5.41) is 2.82. The van der Waals surface area contributed by atoms with Gasteiger partial charge < -0.3 is 5.32 Å². The van der Waals surface area contributed by atoms with Gasteiger partial charge in [-0.25, -0.2) is 13.2 Å². The van der Waals surface area contributed by atoms with E-state index in [-0.39, 0.29) is 17.9 Å². The molecule has 104 valence electrons. The lowest BCUT2D eigenvalue weighted by atomic mass is 9.81. The van der Waals surface area contributed by atoms with Crippen LogP contribution in [0.5, 0.6) is 0 Å². The van der Waals surface area contributed by atoms with E-state index in [0.717, 1.165) is 31.4 Å². The predicted molar refractivity (Wildman–Crippen MR) is 65.1 cm³/mol. The molecule has 0 spiro atoms. The molecule has 0 bridgehead atoms. The lowest BCUT2D eigenvalue weighted by Crippen LogP contribution is -2.36. The average Bonchev–Trinajstić information content (AvgIpc) is 2.35. The first-order valence-corrected chi connectivity index (χ1v) is 6.39.